The predicted molar refractivity (Wildman–Crippen MR) is 94.6 cm³/mol. The Morgan fingerprint density at radius 1 is 1.17 bits per heavy atom. The Labute approximate surface area is 144 Å². The lowest BCUT2D eigenvalue weighted by Gasteiger charge is -2.11. The molecular weight excluding hydrogens is 324 g/mol. The summed E-state index contributed by atoms with van der Waals surface area (Å²) in [7, 11) is 0. The van der Waals surface area contributed by atoms with Gasteiger partial charge in [-0.15, -0.1) is 11.8 Å². The van der Waals surface area contributed by atoms with E-state index in [0.717, 1.165) is 10.6 Å². The average molecular weight is 340 g/mol. The summed E-state index contributed by atoms with van der Waals surface area (Å²) in [5, 5.41) is 14.6. The molecule has 0 aliphatic rings. The number of amides is 2. The standard InChI is InChI=1S/C17H16N4O2S/c18-9-12-4-3-5-13(8-12)21-17(23)10-20-14-6-1-2-7-15(14)24-11-16(19)22/h1-8,20H,10-11H2,(H2,19,22)(H,21,23). The van der Waals surface area contributed by atoms with Gasteiger partial charge in [0.1, 0.15) is 0 Å². The van der Waals surface area contributed by atoms with Crippen molar-refractivity contribution in [3.05, 3.63) is 54.1 Å². The number of hydrogen-bond acceptors (Lipinski definition) is 5. The van der Waals surface area contributed by atoms with E-state index in [4.69, 9.17) is 11.0 Å². The van der Waals surface area contributed by atoms with Crippen molar-refractivity contribution in [1.82, 2.24) is 0 Å². The van der Waals surface area contributed by atoms with Crippen LogP contribution < -0.4 is 16.4 Å². The molecule has 6 nitrogen and oxygen atoms in total. The van der Waals surface area contributed by atoms with Gasteiger partial charge in [-0.25, -0.2) is 0 Å². The van der Waals surface area contributed by atoms with Gasteiger partial charge >= 0.3 is 0 Å². The first kappa shape index (κ1) is 17.4. The van der Waals surface area contributed by atoms with Crippen LogP contribution in [-0.4, -0.2) is 24.1 Å². The number of nitrogens with zero attached hydrogens (tertiary/aromatic N) is 1. The highest BCUT2D eigenvalue weighted by Crippen LogP contribution is 2.26. The Balaban J connectivity index is 1.94. The van der Waals surface area contributed by atoms with E-state index in [-0.39, 0.29) is 18.2 Å². The van der Waals surface area contributed by atoms with E-state index >= 15 is 0 Å². The number of nitriles is 1. The van der Waals surface area contributed by atoms with Crippen LogP contribution >= 0.6 is 11.8 Å². The van der Waals surface area contributed by atoms with Gasteiger partial charge in [-0.2, -0.15) is 5.26 Å². The average Bonchev–Trinajstić information content (AvgIpc) is 2.59. The summed E-state index contributed by atoms with van der Waals surface area (Å²) in [5.41, 5.74) is 6.96. The molecule has 0 fully saturated rings. The minimum Gasteiger partial charge on any atom is -0.375 e. The highest BCUT2D eigenvalue weighted by Gasteiger charge is 2.07. The first-order valence-electron chi connectivity index (χ1n) is 7.12. The zero-order valence-corrected chi connectivity index (χ0v) is 13.6. The summed E-state index contributed by atoms with van der Waals surface area (Å²) in [4.78, 5) is 23.8. The Morgan fingerprint density at radius 2 is 1.96 bits per heavy atom. The number of carbonyl (C=O) groups excluding carboxylic acids is 2. The summed E-state index contributed by atoms with van der Waals surface area (Å²) >= 11 is 1.31. The van der Waals surface area contributed by atoms with Crippen molar-refractivity contribution in [3.63, 3.8) is 0 Å². The molecule has 0 atom stereocenters. The fourth-order valence-electron chi connectivity index (χ4n) is 1.93. The zero-order chi connectivity index (χ0) is 17.4. The second kappa shape index (κ2) is 8.60. The number of primary amides is 1. The molecule has 7 heteroatoms. The van der Waals surface area contributed by atoms with Gasteiger partial charge in [-0.1, -0.05) is 18.2 Å². The summed E-state index contributed by atoms with van der Waals surface area (Å²) in [6.07, 6.45) is 0. The largest absolute Gasteiger partial charge is 0.375 e. The number of para-hydroxylation sites is 1. The van der Waals surface area contributed by atoms with Gasteiger partial charge in [-0.05, 0) is 30.3 Å². The first-order chi connectivity index (χ1) is 11.6. The summed E-state index contributed by atoms with van der Waals surface area (Å²) in [6, 6.07) is 16.1. The molecule has 0 saturated heterocycles. The summed E-state index contributed by atoms with van der Waals surface area (Å²) < 4.78 is 0. The van der Waals surface area contributed by atoms with E-state index in [2.05, 4.69) is 10.6 Å². The number of thioether (sulfide) groups is 1. The quantitative estimate of drug-likeness (QED) is 0.670. The summed E-state index contributed by atoms with van der Waals surface area (Å²) in [5.74, 6) is -0.462. The van der Waals surface area contributed by atoms with Gasteiger partial charge in [0.15, 0.2) is 0 Å². The van der Waals surface area contributed by atoms with Crippen molar-refractivity contribution in [1.29, 1.82) is 5.26 Å². The number of anilines is 2. The molecule has 2 aromatic carbocycles. The van der Waals surface area contributed by atoms with Gasteiger partial charge in [0.25, 0.3) is 0 Å². The molecule has 4 N–H and O–H groups in total. The molecule has 0 aliphatic carbocycles. The summed E-state index contributed by atoms with van der Waals surface area (Å²) in [6.45, 7) is 0.0604. The molecule has 24 heavy (non-hydrogen) atoms. The minimum absolute atomic E-state index is 0.0604. The molecule has 2 amide bonds. The Bertz CT molecular complexity index is 786. The molecule has 0 spiro atoms. The Kier molecular flexibility index (Phi) is 6.23. The Morgan fingerprint density at radius 3 is 2.71 bits per heavy atom. The molecule has 0 aliphatic heterocycles. The highest BCUT2D eigenvalue weighted by molar-refractivity contribution is 8.00. The molecule has 0 radical (unpaired) electrons. The fraction of sp³-hybridized carbons (Fsp3) is 0.118. The van der Waals surface area contributed by atoms with Crippen LogP contribution in [0.1, 0.15) is 5.56 Å². The molecule has 122 valence electrons. The highest BCUT2D eigenvalue weighted by atomic mass is 32.2. The molecule has 0 unspecified atom stereocenters. The van der Waals surface area contributed by atoms with Crippen molar-refractivity contribution < 1.29 is 9.59 Å². The van der Waals surface area contributed by atoms with E-state index in [0.29, 0.717) is 11.3 Å². The molecular formula is C17H16N4O2S. The number of rotatable bonds is 7. The second-order valence-electron chi connectivity index (χ2n) is 4.85. The third kappa shape index (κ3) is 5.34. The molecule has 0 heterocycles. The molecule has 0 aromatic heterocycles. The van der Waals surface area contributed by atoms with Crippen LogP contribution in [0.2, 0.25) is 0 Å². The Hall–Kier alpha value is -2.98. The lowest BCUT2D eigenvalue weighted by molar-refractivity contribution is -0.116. The molecule has 0 bridgehead atoms. The third-order valence-corrected chi connectivity index (χ3v) is 4.07. The van der Waals surface area contributed by atoms with Crippen LogP contribution in [-0.2, 0) is 9.59 Å². The zero-order valence-electron chi connectivity index (χ0n) is 12.8. The van der Waals surface area contributed by atoms with Crippen LogP contribution in [0.25, 0.3) is 0 Å². The number of nitrogens with one attached hydrogen (secondary N) is 2. The van der Waals surface area contributed by atoms with E-state index in [1.165, 1.54) is 11.8 Å². The number of hydrogen-bond donors (Lipinski definition) is 3. The van der Waals surface area contributed by atoms with Gasteiger partial charge in [-0.3, -0.25) is 9.59 Å². The van der Waals surface area contributed by atoms with E-state index < -0.39 is 5.91 Å². The predicted octanol–water partition coefficient (Wildman–Crippen LogP) is 2.19. The van der Waals surface area contributed by atoms with Crippen LogP contribution in [0, 0.1) is 11.3 Å². The fourth-order valence-corrected chi connectivity index (χ4v) is 2.70. The van der Waals surface area contributed by atoms with Gasteiger partial charge < -0.3 is 16.4 Å². The normalized spacial score (nSPS) is 9.79. The first-order valence-corrected chi connectivity index (χ1v) is 8.11. The third-order valence-electron chi connectivity index (χ3n) is 2.97. The monoisotopic (exact) mass is 340 g/mol. The maximum atomic E-state index is 12.0. The van der Waals surface area contributed by atoms with Gasteiger partial charge in [0.05, 0.1) is 23.9 Å². The number of benzene rings is 2. The molecule has 2 rings (SSSR count). The molecule has 2 aromatic rings. The van der Waals surface area contributed by atoms with E-state index in [9.17, 15) is 9.59 Å². The minimum atomic E-state index is -0.398. The van der Waals surface area contributed by atoms with Crippen molar-refractivity contribution in [2.75, 3.05) is 22.9 Å². The van der Waals surface area contributed by atoms with Crippen molar-refractivity contribution in [2.24, 2.45) is 5.73 Å². The lowest BCUT2D eigenvalue weighted by atomic mass is 10.2. The van der Waals surface area contributed by atoms with Crippen molar-refractivity contribution >= 4 is 35.0 Å². The van der Waals surface area contributed by atoms with Gasteiger partial charge in [0, 0.05) is 16.3 Å². The maximum absolute atomic E-state index is 12.0. The van der Waals surface area contributed by atoms with Crippen LogP contribution in [0.4, 0.5) is 11.4 Å². The maximum Gasteiger partial charge on any atom is 0.243 e. The van der Waals surface area contributed by atoms with Crippen LogP contribution in [0.5, 0.6) is 0 Å². The van der Waals surface area contributed by atoms with Crippen molar-refractivity contribution in [3.8, 4) is 6.07 Å². The van der Waals surface area contributed by atoms with Crippen molar-refractivity contribution in [2.45, 2.75) is 4.90 Å². The molecule has 0 saturated carbocycles. The SMILES string of the molecule is N#Cc1cccc(NC(=O)CNc2ccccc2SCC(N)=O)c1. The second-order valence-corrected chi connectivity index (χ2v) is 5.86. The number of carbonyl (C=O) groups is 2. The van der Waals surface area contributed by atoms with Crippen LogP contribution in [0.15, 0.2) is 53.4 Å². The lowest BCUT2D eigenvalue weighted by Crippen LogP contribution is -2.22. The van der Waals surface area contributed by atoms with Gasteiger partial charge in [0.2, 0.25) is 11.8 Å². The van der Waals surface area contributed by atoms with Crippen LogP contribution in [0.3, 0.4) is 0 Å². The topological polar surface area (TPSA) is 108 Å². The smallest absolute Gasteiger partial charge is 0.243 e. The van der Waals surface area contributed by atoms with E-state index in [1.54, 1.807) is 24.3 Å². The number of nitrogens with two attached hydrogens (primary N) is 1. The van der Waals surface area contributed by atoms with E-state index in [1.807, 2.05) is 30.3 Å².